The van der Waals surface area contributed by atoms with Crippen molar-refractivity contribution in [2.75, 3.05) is 0 Å². The molecule has 66 heavy (non-hydrogen) atoms. The molecular formula is C59H58FIrN3OSi-2. The number of nitrogens with zero attached hydrogens (tertiary/aromatic N) is 3. The molecule has 0 fully saturated rings. The quantitative estimate of drug-likeness (QED) is 0.0907. The Bertz CT molecular complexity index is 3610. The van der Waals surface area contributed by atoms with Crippen LogP contribution in [0.4, 0.5) is 4.39 Å². The SMILES string of the molecule is CC(C)c1cccc(C(C)C)c1-n1c(-c2[c-]cc3oc4cc5ccc6ccccc6c5cc4c3c2)nc2ccccc21.[2H]C([2H])([2H])c1c[c-]c(-c2cc(C([2H])([2H])C(C)(C)C)c([Si](C)(C)C)cn2)c(F)c1.[Ir]. The Kier molecular flexibility index (Phi) is 11.2. The summed E-state index contributed by atoms with van der Waals surface area (Å²) < 4.78 is 63.1. The molecule has 0 N–H and O–H groups in total. The molecule has 10 aromatic rings. The molecule has 0 aliphatic carbocycles. The number of pyridine rings is 1. The van der Waals surface area contributed by atoms with E-state index in [1.54, 1.807) is 12.3 Å². The maximum absolute atomic E-state index is 14.7. The Morgan fingerprint density at radius 2 is 1.45 bits per heavy atom. The third kappa shape index (κ3) is 9.06. The Balaban J connectivity index is 0.000000205. The zero-order valence-corrected chi connectivity index (χ0v) is 42.6. The molecule has 0 saturated heterocycles. The minimum Gasteiger partial charge on any atom is -0.500 e. The third-order valence-electron chi connectivity index (χ3n) is 12.0. The minimum atomic E-state index is -2.42. The summed E-state index contributed by atoms with van der Waals surface area (Å²) in [6, 6.07) is 46.8. The number of hydrogen-bond donors (Lipinski definition) is 0. The second-order valence-electron chi connectivity index (χ2n) is 19.8. The van der Waals surface area contributed by atoms with Crippen molar-refractivity contribution >= 4 is 67.8 Å². The van der Waals surface area contributed by atoms with Crippen LogP contribution in [0.2, 0.25) is 19.6 Å². The predicted molar refractivity (Wildman–Crippen MR) is 275 cm³/mol. The number of aryl methyl sites for hydroxylation is 1. The van der Waals surface area contributed by atoms with Crippen LogP contribution in [0, 0.1) is 30.2 Å². The standard InChI is InChI=1S/C39H31N2O.C20H27FNSi.Ir/c1-23(2)28-12-9-13-29(24(3)4)38(28)41-35-15-8-7-14-34(35)40-39(41)27-18-19-36-32(20-27)33-22-31-26(21-37(33)42-36)17-16-25-10-5-6-11-30(25)31;1-14-8-9-16(17(21)10-14)18-11-15(12-20(2,3)4)19(13-22-18)23(5,6)7;/h5-17,19-24H,1-4H3;8,10-11,13H,12H2,1-7H3;/q2*-1;/i;1D3,12D2;. The summed E-state index contributed by atoms with van der Waals surface area (Å²) in [6.45, 7) is 18.5. The largest absolute Gasteiger partial charge is 0.500 e. The number of para-hydroxylation sites is 3. The van der Waals surface area contributed by atoms with Gasteiger partial charge in [0, 0.05) is 50.0 Å². The van der Waals surface area contributed by atoms with Crippen molar-refractivity contribution in [3.05, 3.63) is 168 Å². The summed E-state index contributed by atoms with van der Waals surface area (Å²) in [5, 5.41) is 7.98. The van der Waals surface area contributed by atoms with Crippen molar-refractivity contribution in [1.29, 1.82) is 0 Å². The van der Waals surface area contributed by atoms with Crippen molar-refractivity contribution in [2.24, 2.45) is 5.41 Å². The zero-order valence-electron chi connectivity index (χ0n) is 44.2. The van der Waals surface area contributed by atoms with Crippen LogP contribution in [0.5, 0.6) is 0 Å². The topological polar surface area (TPSA) is 43.9 Å². The van der Waals surface area contributed by atoms with E-state index in [2.05, 4.69) is 166 Å². The van der Waals surface area contributed by atoms with Gasteiger partial charge in [-0.05, 0) is 91.4 Å². The monoisotopic (exact) mass is 1070 g/mol. The molecule has 4 nitrogen and oxygen atoms in total. The van der Waals surface area contributed by atoms with E-state index in [9.17, 15) is 4.39 Å². The average Bonchev–Trinajstić information content (AvgIpc) is 3.87. The molecule has 1 radical (unpaired) electrons. The molecule has 0 aliphatic heterocycles. The fourth-order valence-corrected chi connectivity index (χ4v) is 10.3. The fraction of sp³-hybridized carbons (Fsp3) is 0.254. The third-order valence-corrected chi connectivity index (χ3v) is 14.0. The number of furan rings is 1. The molecule has 0 saturated carbocycles. The average molecular weight is 1070 g/mol. The molecule has 10 rings (SSSR count). The molecule has 0 aliphatic rings. The number of aromatic nitrogens is 3. The van der Waals surface area contributed by atoms with E-state index in [1.165, 1.54) is 44.4 Å². The van der Waals surface area contributed by atoms with Gasteiger partial charge in [0.15, 0.2) is 0 Å². The van der Waals surface area contributed by atoms with Gasteiger partial charge in [-0.2, -0.15) is 0 Å². The van der Waals surface area contributed by atoms with Crippen LogP contribution in [-0.2, 0) is 26.5 Å². The molecule has 337 valence electrons. The van der Waals surface area contributed by atoms with Crippen molar-refractivity contribution in [3.63, 3.8) is 0 Å². The number of hydrogen-bond acceptors (Lipinski definition) is 3. The molecule has 7 heteroatoms. The van der Waals surface area contributed by atoms with Gasteiger partial charge in [0.25, 0.3) is 0 Å². The number of halogens is 1. The Morgan fingerprint density at radius 1 is 0.758 bits per heavy atom. The molecule has 3 aromatic heterocycles. The van der Waals surface area contributed by atoms with Gasteiger partial charge in [-0.25, -0.2) is 0 Å². The Labute approximate surface area is 410 Å². The second kappa shape index (κ2) is 18.2. The van der Waals surface area contributed by atoms with Gasteiger partial charge in [0.1, 0.15) is 5.58 Å². The minimum absolute atomic E-state index is 0. The maximum atomic E-state index is 14.7. The number of imidazole rings is 1. The van der Waals surface area contributed by atoms with Crippen molar-refractivity contribution < 1.29 is 35.8 Å². The van der Waals surface area contributed by atoms with Crippen LogP contribution in [-0.4, -0.2) is 22.6 Å². The molecule has 0 amide bonds. The first-order valence-corrected chi connectivity index (χ1v) is 26.0. The van der Waals surface area contributed by atoms with E-state index in [0.717, 1.165) is 55.6 Å². The van der Waals surface area contributed by atoms with Crippen LogP contribution in [0.1, 0.15) is 89.4 Å². The van der Waals surface area contributed by atoms with E-state index in [0.29, 0.717) is 17.4 Å². The molecular weight excluding hydrogens is 1010 g/mol. The molecule has 3 heterocycles. The van der Waals surface area contributed by atoms with Crippen molar-refractivity contribution in [2.45, 2.75) is 93.2 Å². The van der Waals surface area contributed by atoms with Crippen LogP contribution >= 0.6 is 0 Å². The Morgan fingerprint density at radius 3 is 2.15 bits per heavy atom. The van der Waals surface area contributed by atoms with Gasteiger partial charge < -0.3 is 14.0 Å². The van der Waals surface area contributed by atoms with Gasteiger partial charge in [0.2, 0.25) is 0 Å². The molecule has 0 atom stereocenters. The van der Waals surface area contributed by atoms with E-state index >= 15 is 0 Å². The first-order chi connectivity index (χ1) is 32.9. The summed E-state index contributed by atoms with van der Waals surface area (Å²) in [6.07, 6.45) is -0.0131. The first kappa shape index (κ1) is 40.5. The Hall–Kier alpha value is -5.72. The van der Waals surface area contributed by atoms with Gasteiger partial charge >= 0.3 is 0 Å². The van der Waals surface area contributed by atoms with Crippen LogP contribution in [0.3, 0.4) is 0 Å². The van der Waals surface area contributed by atoms with E-state index in [1.807, 2.05) is 26.8 Å². The van der Waals surface area contributed by atoms with Crippen molar-refractivity contribution in [3.8, 4) is 28.3 Å². The van der Waals surface area contributed by atoms with Gasteiger partial charge in [0.05, 0.1) is 30.5 Å². The summed E-state index contributed by atoms with van der Waals surface area (Å²) in [5.74, 6) is 0.887. The molecule has 0 spiro atoms. The van der Waals surface area contributed by atoms with Crippen LogP contribution in [0.15, 0.2) is 132 Å². The first-order valence-electron chi connectivity index (χ1n) is 25.0. The summed E-state index contributed by atoms with van der Waals surface area (Å²) in [5.41, 5.74) is 8.62. The smallest absolute Gasteiger partial charge is 0.121 e. The molecule has 7 aromatic carbocycles. The number of fused-ring (bicyclic) bond motifs is 7. The molecule has 0 bridgehead atoms. The van der Waals surface area contributed by atoms with E-state index < -0.39 is 32.5 Å². The summed E-state index contributed by atoms with van der Waals surface area (Å²) in [4.78, 5) is 9.60. The second-order valence-corrected chi connectivity index (χ2v) is 24.8. The zero-order chi connectivity index (χ0) is 50.2. The fourth-order valence-electron chi connectivity index (χ4n) is 8.92. The van der Waals surface area contributed by atoms with Gasteiger partial charge in [-0.15, -0.1) is 47.5 Å². The van der Waals surface area contributed by atoms with Crippen molar-refractivity contribution in [1.82, 2.24) is 14.5 Å². The molecule has 0 unspecified atom stereocenters. The van der Waals surface area contributed by atoms with E-state index in [4.69, 9.17) is 16.3 Å². The summed E-state index contributed by atoms with van der Waals surface area (Å²) in [7, 11) is -1.92. The summed E-state index contributed by atoms with van der Waals surface area (Å²) >= 11 is 0. The predicted octanol–water partition coefficient (Wildman–Crippen LogP) is 16.1. The van der Waals surface area contributed by atoms with Gasteiger partial charge in [-0.1, -0.05) is 164 Å². The van der Waals surface area contributed by atoms with Crippen LogP contribution in [0.25, 0.3) is 82.8 Å². The van der Waals surface area contributed by atoms with E-state index in [-0.39, 0.29) is 36.9 Å². The maximum Gasteiger partial charge on any atom is 0.121 e. The van der Waals surface area contributed by atoms with Crippen LogP contribution < -0.4 is 5.19 Å². The normalized spacial score (nSPS) is 13.7. The number of benzene rings is 7. The number of rotatable bonds is 7. The van der Waals surface area contributed by atoms with Gasteiger partial charge in [-0.3, -0.25) is 9.37 Å².